The molecule has 0 bridgehead atoms. The topological polar surface area (TPSA) is 46.6 Å². The third kappa shape index (κ3) is 3.73. The summed E-state index contributed by atoms with van der Waals surface area (Å²) in [7, 11) is 0. The van der Waals surface area contributed by atoms with Crippen LogP contribution in [0.15, 0.2) is 72.8 Å². The van der Waals surface area contributed by atoms with Crippen molar-refractivity contribution in [2.75, 3.05) is 6.61 Å². The van der Waals surface area contributed by atoms with Crippen molar-refractivity contribution in [3.8, 4) is 5.75 Å². The fourth-order valence-electron chi connectivity index (χ4n) is 3.79. The minimum absolute atomic E-state index is 0.190. The van der Waals surface area contributed by atoms with E-state index in [1.807, 2.05) is 61.5 Å². The van der Waals surface area contributed by atoms with Gasteiger partial charge in [-0.1, -0.05) is 67.9 Å². The number of carbonyl (C=O) groups is 2. The molecule has 1 atom stereocenters. The summed E-state index contributed by atoms with van der Waals surface area (Å²) in [5.41, 5.74) is 3.91. The molecular weight excluding hydrogens is 374 g/mol. The number of imide groups is 1. The molecule has 1 heterocycles. The summed E-state index contributed by atoms with van der Waals surface area (Å²) in [4.78, 5) is 27.7. The second kappa shape index (κ2) is 8.15. The number of aryl methyl sites for hydroxylation is 1. The van der Waals surface area contributed by atoms with Gasteiger partial charge in [0.1, 0.15) is 12.4 Å². The summed E-state index contributed by atoms with van der Waals surface area (Å²) in [5, 5.41) is 0. The predicted octanol–water partition coefficient (Wildman–Crippen LogP) is 5.53. The molecule has 4 nitrogen and oxygen atoms in total. The molecule has 1 unspecified atom stereocenters. The molecule has 2 amide bonds. The Kier molecular flexibility index (Phi) is 5.40. The average molecular weight is 399 g/mol. The quantitative estimate of drug-likeness (QED) is 0.512. The fourth-order valence-corrected chi connectivity index (χ4v) is 3.79. The SMILES string of the molecule is Cc1ccc2c(c1)C(=O)N(C(COc1cccc(C(C)C)c1)c1ccccc1)C2=O. The van der Waals surface area contributed by atoms with Gasteiger partial charge < -0.3 is 4.74 Å². The van der Waals surface area contributed by atoms with Crippen molar-refractivity contribution in [2.45, 2.75) is 32.7 Å². The average Bonchev–Trinajstić information content (AvgIpc) is 2.99. The number of ether oxygens (including phenoxy) is 1. The molecule has 0 aromatic heterocycles. The molecule has 0 spiro atoms. The maximum Gasteiger partial charge on any atom is 0.262 e. The molecular formula is C26H25NO3. The van der Waals surface area contributed by atoms with Crippen LogP contribution in [0.2, 0.25) is 0 Å². The monoisotopic (exact) mass is 399 g/mol. The van der Waals surface area contributed by atoms with Gasteiger partial charge >= 0.3 is 0 Å². The van der Waals surface area contributed by atoms with Gasteiger partial charge in [-0.05, 0) is 48.2 Å². The van der Waals surface area contributed by atoms with Gasteiger partial charge in [0, 0.05) is 0 Å². The fraction of sp³-hybridized carbons (Fsp3) is 0.231. The van der Waals surface area contributed by atoms with Crippen molar-refractivity contribution in [3.05, 3.63) is 101 Å². The predicted molar refractivity (Wildman–Crippen MR) is 117 cm³/mol. The van der Waals surface area contributed by atoms with Crippen molar-refractivity contribution in [1.82, 2.24) is 4.90 Å². The zero-order valence-corrected chi connectivity index (χ0v) is 17.5. The largest absolute Gasteiger partial charge is 0.491 e. The highest BCUT2D eigenvalue weighted by molar-refractivity contribution is 6.21. The van der Waals surface area contributed by atoms with E-state index < -0.39 is 6.04 Å². The van der Waals surface area contributed by atoms with Gasteiger partial charge in [0.25, 0.3) is 11.8 Å². The molecule has 1 aliphatic rings. The zero-order valence-electron chi connectivity index (χ0n) is 17.5. The van der Waals surface area contributed by atoms with E-state index in [0.717, 1.165) is 16.9 Å². The third-order valence-corrected chi connectivity index (χ3v) is 5.50. The van der Waals surface area contributed by atoms with E-state index >= 15 is 0 Å². The Morgan fingerprint density at radius 2 is 1.50 bits per heavy atom. The van der Waals surface area contributed by atoms with Gasteiger partial charge in [0.15, 0.2) is 0 Å². The van der Waals surface area contributed by atoms with Crippen molar-refractivity contribution >= 4 is 11.8 Å². The first-order chi connectivity index (χ1) is 14.5. The smallest absolute Gasteiger partial charge is 0.262 e. The lowest BCUT2D eigenvalue weighted by Gasteiger charge is -2.27. The summed E-state index contributed by atoms with van der Waals surface area (Å²) >= 11 is 0. The molecule has 0 radical (unpaired) electrons. The van der Waals surface area contributed by atoms with Gasteiger partial charge in [-0.3, -0.25) is 14.5 Å². The molecule has 0 saturated carbocycles. The summed E-state index contributed by atoms with van der Waals surface area (Å²) in [6.07, 6.45) is 0. The molecule has 1 aliphatic heterocycles. The number of rotatable bonds is 6. The molecule has 3 aromatic rings. The number of amides is 2. The Balaban J connectivity index is 1.66. The van der Waals surface area contributed by atoms with Gasteiger partial charge in [-0.15, -0.1) is 0 Å². The first kappa shape index (κ1) is 19.9. The molecule has 4 rings (SSSR count). The maximum absolute atomic E-state index is 13.2. The van der Waals surface area contributed by atoms with Crippen LogP contribution in [0.25, 0.3) is 0 Å². The Morgan fingerprint density at radius 3 is 2.23 bits per heavy atom. The maximum atomic E-state index is 13.2. The highest BCUT2D eigenvalue weighted by atomic mass is 16.5. The number of nitrogens with zero attached hydrogens (tertiary/aromatic N) is 1. The van der Waals surface area contributed by atoms with Crippen molar-refractivity contribution in [3.63, 3.8) is 0 Å². The van der Waals surface area contributed by atoms with E-state index in [9.17, 15) is 9.59 Å². The number of benzene rings is 3. The number of carbonyl (C=O) groups excluding carboxylic acids is 2. The number of hydrogen-bond donors (Lipinski definition) is 0. The van der Waals surface area contributed by atoms with E-state index in [0.29, 0.717) is 17.0 Å². The van der Waals surface area contributed by atoms with E-state index in [4.69, 9.17) is 4.74 Å². The van der Waals surface area contributed by atoms with Crippen molar-refractivity contribution in [2.24, 2.45) is 0 Å². The third-order valence-electron chi connectivity index (χ3n) is 5.50. The van der Waals surface area contributed by atoms with Crippen LogP contribution in [0.3, 0.4) is 0 Å². The second-order valence-corrected chi connectivity index (χ2v) is 7.99. The summed E-state index contributed by atoms with van der Waals surface area (Å²) < 4.78 is 6.10. The standard InChI is InChI=1S/C26H25NO3/c1-17(2)20-10-7-11-21(15-20)30-16-24(19-8-5-4-6-9-19)27-25(28)22-13-12-18(3)14-23(22)26(27)29/h4-15,17,24H,16H2,1-3H3. The molecule has 0 fully saturated rings. The highest BCUT2D eigenvalue weighted by Crippen LogP contribution is 2.33. The van der Waals surface area contributed by atoms with E-state index in [1.54, 1.807) is 12.1 Å². The molecule has 30 heavy (non-hydrogen) atoms. The van der Waals surface area contributed by atoms with Crippen LogP contribution in [0.4, 0.5) is 0 Å². The van der Waals surface area contributed by atoms with Crippen molar-refractivity contribution in [1.29, 1.82) is 0 Å². The molecule has 0 N–H and O–H groups in total. The summed E-state index contributed by atoms with van der Waals surface area (Å²) in [5.74, 6) is 0.572. The normalized spacial score (nSPS) is 14.2. The highest BCUT2D eigenvalue weighted by Gasteiger charge is 2.40. The van der Waals surface area contributed by atoms with Crippen LogP contribution >= 0.6 is 0 Å². The minimum atomic E-state index is -0.512. The van der Waals surface area contributed by atoms with Crippen LogP contribution in [0.5, 0.6) is 5.75 Å². The minimum Gasteiger partial charge on any atom is -0.491 e. The number of fused-ring (bicyclic) bond motifs is 1. The van der Waals surface area contributed by atoms with Gasteiger partial charge in [0.2, 0.25) is 0 Å². The van der Waals surface area contributed by atoms with Crippen LogP contribution in [0, 0.1) is 6.92 Å². The lowest BCUT2D eigenvalue weighted by atomic mass is 10.0. The van der Waals surface area contributed by atoms with E-state index in [1.165, 1.54) is 10.5 Å². The Hall–Kier alpha value is -3.40. The summed E-state index contributed by atoms with van der Waals surface area (Å²) in [6, 6.07) is 22.4. The van der Waals surface area contributed by atoms with Crippen LogP contribution < -0.4 is 4.74 Å². The van der Waals surface area contributed by atoms with Crippen LogP contribution in [-0.4, -0.2) is 23.3 Å². The lowest BCUT2D eigenvalue weighted by molar-refractivity contribution is 0.0529. The van der Waals surface area contributed by atoms with Gasteiger partial charge in [0.05, 0.1) is 17.2 Å². The second-order valence-electron chi connectivity index (χ2n) is 7.99. The summed E-state index contributed by atoms with van der Waals surface area (Å²) in [6.45, 7) is 6.37. The van der Waals surface area contributed by atoms with Gasteiger partial charge in [-0.2, -0.15) is 0 Å². The first-order valence-corrected chi connectivity index (χ1v) is 10.2. The van der Waals surface area contributed by atoms with E-state index in [-0.39, 0.29) is 18.4 Å². The van der Waals surface area contributed by atoms with Crippen LogP contribution in [0.1, 0.15) is 63.2 Å². The van der Waals surface area contributed by atoms with E-state index in [2.05, 4.69) is 19.9 Å². The van der Waals surface area contributed by atoms with Gasteiger partial charge in [-0.25, -0.2) is 0 Å². The lowest BCUT2D eigenvalue weighted by Crippen LogP contribution is -2.37. The molecule has 0 aliphatic carbocycles. The van der Waals surface area contributed by atoms with Crippen molar-refractivity contribution < 1.29 is 14.3 Å². The Bertz CT molecular complexity index is 1090. The zero-order chi connectivity index (χ0) is 21.3. The molecule has 0 saturated heterocycles. The molecule has 152 valence electrons. The molecule has 4 heteroatoms. The Morgan fingerprint density at radius 1 is 0.800 bits per heavy atom. The first-order valence-electron chi connectivity index (χ1n) is 10.2. The number of hydrogen-bond acceptors (Lipinski definition) is 3. The Labute approximate surface area is 177 Å². The van der Waals surface area contributed by atoms with Crippen LogP contribution in [-0.2, 0) is 0 Å². The molecule has 3 aromatic carbocycles.